The summed E-state index contributed by atoms with van der Waals surface area (Å²) < 4.78 is 20.0. The van der Waals surface area contributed by atoms with Gasteiger partial charge in [0.05, 0.1) is 38.6 Å². The summed E-state index contributed by atoms with van der Waals surface area (Å²) in [4.78, 5) is 34.9. The smallest absolute Gasteiger partial charge is 0.305 e. The number of benzene rings is 2. The van der Waals surface area contributed by atoms with E-state index in [2.05, 4.69) is 9.47 Å². The summed E-state index contributed by atoms with van der Waals surface area (Å²) in [7, 11) is 2.62. The first-order valence-electron chi connectivity index (χ1n) is 9.95. The van der Waals surface area contributed by atoms with Crippen molar-refractivity contribution in [2.24, 2.45) is 0 Å². The maximum absolute atomic E-state index is 12.7. The van der Waals surface area contributed by atoms with Gasteiger partial charge < -0.3 is 29.2 Å². The number of esters is 2. The molecule has 172 valence electrons. The molecule has 0 saturated heterocycles. The van der Waals surface area contributed by atoms with Crippen LogP contribution in [0.25, 0.3) is 0 Å². The van der Waals surface area contributed by atoms with E-state index in [0.717, 1.165) is 0 Å². The van der Waals surface area contributed by atoms with Crippen molar-refractivity contribution in [3.63, 3.8) is 0 Å². The van der Waals surface area contributed by atoms with Gasteiger partial charge in [0, 0.05) is 25.0 Å². The van der Waals surface area contributed by atoms with Crippen molar-refractivity contribution in [2.45, 2.75) is 25.7 Å². The molecule has 2 rings (SSSR count). The Hall–Kier alpha value is -3.75. The Bertz CT molecular complexity index is 877. The third-order valence-corrected chi connectivity index (χ3v) is 4.47. The highest BCUT2D eigenvalue weighted by atomic mass is 16.5. The summed E-state index contributed by atoms with van der Waals surface area (Å²) in [6, 6.07) is 8.40. The molecule has 32 heavy (non-hydrogen) atoms. The van der Waals surface area contributed by atoms with Gasteiger partial charge in [-0.3, -0.25) is 14.4 Å². The van der Waals surface area contributed by atoms with Crippen LogP contribution in [0.4, 0.5) is 0 Å². The van der Waals surface area contributed by atoms with Crippen LogP contribution < -0.4 is 9.47 Å². The van der Waals surface area contributed by atoms with Crippen LogP contribution in [-0.4, -0.2) is 55.4 Å². The van der Waals surface area contributed by atoms with Crippen LogP contribution in [-0.2, 0) is 19.1 Å². The summed E-state index contributed by atoms with van der Waals surface area (Å²) in [5.41, 5.74) is -0.0112. The maximum Gasteiger partial charge on any atom is 0.305 e. The number of hydrogen-bond donors (Lipinski definition) is 2. The molecule has 0 bridgehead atoms. The third-order valence-electron chi connectivity index (χ3n) is 4.47. The first-order valence-corrected chi connectivity index (χ1v) is 9.95. The number of phenols is 2. The van der Waals surface area contributed by atoms with Crippen LogP contribution >= 0.6 is 0 Å². The van der Waals surface area contributed by atoms with E-state index in [0.29, 0.717) is 24.3 Å². The van der Waals surface area contributed by atoms with Crippen molar-refractivity contribution in [3.05, 3.63) is 47.5 Å². The van der Waals surface area contributed by atoms with Gasteiger partial charge in [0.1, 0.15) is 23.0 Å². The molecule has 0 unspecified atom stereocenters. The molecule has 2 aromatic rings. The molecule has 2 N–H and O–H groups in total. The Balaban J connectivity index is 1.96. The zero-order valence-corrected chi connectivity index (χ0v) is 18.0. The largest absolute Gasteiger partial charge is 0.507 e. The second kappa shape index (κ2) is 12.2. The summed E-state index contributed by atoms with van der Waals surface area (Å²) in [6.45, 7) is 0.480. The Morgan fingerprint density at radius 2 is 1.12 bits per heavy atom. The molecule has 0 aliphatic carbocycles. The van der Waals surface area contributed by atoms with Crippen LogP contribution in [0.2, 0.25) is 0 Å². The van der Waals surface area contributed by atoms with Gasteiger partial charge in [-0.25, -0.2) is 0 Å². The van der Waals surface area contributed by atoms with Crippen molar-refractivity contribution in [3.8, 4) is 23.0 Å². The standard InChI is InChI=1S/C23H26O9/c1-29-21(26)5-3-11-31-15-7-9-17(19(24)13-15)23(28)18-10-8-16(14-20(18)25)32-12-4-6-22(27)30-2/h7-10,13-14,24-25H,3-6,11-12H2,1-2H3. The monoisotopic (exact) mass is 446 g/mol. The van der Waals surface area contributed by atoms with Gasteiger partial charge in [-0.05, 0) is 37.1 Å². The van der Waals surface area contributed by atoms with Crippen molar-refractivity contribution < 1.29 is 43.5 Å². The molecule has 2 aromatic carbocycles. The Morgan fingerprint density at radius 1 is 0.719 bits per heavy atom. The maximum atomic E-state index is 12.7. The molecule has 0 atom stereocenters. The topological polar surface area (TPSA) is 129 Å². The van der Waals surface area contributed by atoms with Gasteiger partial charge in [0.2, 0.25) is 0 Å². The molecule has 0 aliphatic heterocycles. The molecule has 9 heteroatoms. The summed E-state index contributed by atoms with van der Waals surface area (Å²) >= 11 is 0. The van der Waals surface area contributed by atoms with Crippen molar-refractivity contribution in [2.75, 3.05) is 27.4 Å². The van der Waals surface area contributed by atoms with Gasteiger partial charge in [-0.2, -0.15) is 0 Å². The zero-order chi connectivity index (χ0) is 23.5. The summed E-state index contributed by atoms with van der Waals surface area (Å²) in [5, 5.41) is 20.5. The van der Waals surface area contributed by atoms with Gasteiger partial charge >= 0.3 is 11.9 Å². The van der Waals surface area contributed by atoms with Crippen molar-refractivity contribution >= 4 is 17.7 Å². The van der Waals surface area contributed by atoms with Gasteiger partial charge in [0.15, 0.2) is 5.78 Å². The highest BCUT2D eigenvalue weighted by Gasteiger charge is 2.18. The summed E-state index contributed by atoms with van der Waals surface area (Å²) in [6.07, 6.45) is 1.31. The normalized spacial score (nSPS) is 10.3. The lowest BCUT2D eigenvalue weighted by Crippen LogP contribution is -2.06. The van der Waals surface area contributed by atoms with E-state index < -0.39 is 5.78 Å². The fourth-order valence-corrected chi connectivity index (χ4v) is 2.75. The number of phenolic OH excluding ortho intramolecular Hbond substituents is 2. The lowest BCUT2D eigenvalue weighted by molar-refractivity contribution is -0.141. The van der Waals surface area contributed by atoms with Crippen LogP contribution in [0.15, 0.2) is 36.4 Å². The molecule has 0 aliphatic rings. The lowest BCUT2D eigenvalue weighted by Gasteiger charge is -2.11. The number of methoxy groups -OCH3 is 2. The average molecular weight is 446 g/mol. The molecule has 0 amide bonds. The molecule has 9 nitrogen and oxygen atoms in total. The van der Waals surface area contributed by atoms with Crippen molar-refractivity contribution in [1.29, 1.82) is 0 Å². The quantitative estimate of drug-likeness (QED) is 0.287. The molecule has 0 aromatic heterocycles. The van der Waals surface area contributed by atoms with E-state index in [1.165, 1.54) is 50.6 Å². The van der Waals surface area contributed by atoms with E-state index >= 15 is 0 Å². The van der Waals surface area contributed by atoms with E-state index in [1.54, 1.807) is 0 Å². The van der Waals surface area contributed by atoms with Crippen LogP contribution in [0, 0.1) is 0 Å². The molecular formula is C23H26O9. The number of carbonyl (C=O) groups is 3. The molecular weight excluding hydrogens is 420 g/mol. The lowest BCUT2D eigenvalue weighted by atomic mass is 10.0. The minimum Gasteiger partial charge on any atom is -0.507 e. The predicted octanol–water partition coefficient (Wildman–Crippen LogP) is 2.99. The van der Waals surface area contributed by atoms with E-state index in [-0.39, 0.29) is 60.6 Å². The molecule has 0 heterocycles. The van der Waals surface area contributed by atoms with Crippen LogP contribution in [0.3, 0.4) is 0 Å². The molecule has 0 saturated carbocycles. The number of aromatic hydroxyl groups is 2. The number of carbonyl (C=O) groups excluding carboxylic acids is 3. The van der Waals surface area contributed by atoms with Crippen LogP contribution in [0.5, 0.6) is 23.0 Å². The molecule has 0 spiro atoms. The van der Waals surface area contributed by atoms with Gasteiger partial charge in [0.25, 0.3) is 0 Å². The zero-order valence-electron chi connectivity index (χ0n) is 18.0. The minimum absolute atomic E-state index is 0.00560. The van der Waals surface area contributed by atoms with Gasteiger partial charge in [-0.15, -0.1) is 0 Å². The second-order valence-electron chi connectivity index (χ2n) is 6.74. The Labute approximate surface area is 185 Å². The second-order valence-corrected chi connectivity index (χ2v) is 6.74. The SMILES string of the molecule is COC(=O)CCCOc1ccc(C(=O)c2ccc(OCCCC(=O)OC)cc2O)c(O)c1. The number of ketones is 1. The fraction of sp³-hybridized carbons (Fsp3) is 0.348. The van der Waals surface area contributed by atoms with Crippen molar-refractivity contribution in [1.82, 2.24) is 0 Å². The first kappa shape index (κ1) is 24.5. The summed E-state index contributed by atoms with van der Waals surface area (Å²) in [5.74, 6) is -1.18. The van der Waals surface area contributed by atoms with E-state index in [9.17, 15) is 24.6 Å². The van der Waals surface area contributed by atoms with E-state index in [4.69, 9.17) is 9.47 Å². The fourth-order valence-electron chi connectivity index (χ4n) is 2.75. The van der Waals surface area contributed by atoms with E-state index in [1.807, 2.05) is 0 Å². The average Bonchev–Trinajstić information content (AvgIpc) is 2.79. The number of ether oxygens (including phenoxy) is 4. The predicted molar refractivity (Wildman–Crippen MR) is 113 cm³/mol. The number of rotatable bonds is 12. The highest BCUT2D eigenvalue weighted by Crippen LogP contribution is 2.30. The minimum atomic E-state index is -0.575. The molecule has 0 radical (unpaired) electrons. The Morgan fingerprint density at radius 3 is 1.47 bits per heavy atom. The Kier molecular flexibility index (Phi) is 9.34. The first-order chi connectivity index (χ1) is 15.3. The molecule has 0 fully saturated rings. The number of hydrogen-bond acceptors (Lipinski definition) is 9. The third kappa shape index (κ3) is 7.19. The van der Waals surface area contributed by atoms with Crippen LogP contribution in [0.1, 0.15) is 41.6 Å². The van der Waals surface area contributed by atoms with Gasteiger partial charge in [-0.1, -0.05) is 0 Å². The highest BCUT2D eigenvalue weighted by molar-refractivity contribution is 6.12.